The van der Waals surface area contributed by atoms with E-state index in [9.17, 15) is 65.8 Å². The van der Waals surface area contributed by atoms with Crippen molar-refractivity contribution in [3.8, 4) is 0 Å². The van der Waals surface area contributed by atoms with E-state index in [1.807, 2.05) is 0 Å². The van der Waals surface area contributed by atoms with Gasteiger partial charge in [0.05, 0.1) is 25.2 Å². The second-order valence-corrected chi connectivity index (χ2v) is 23.5. The van der Waals surface area contributed by atoms with Crippen molar-refractivity contribution in [2.24, 2.45) is 56.7 Å². The highest BCUT2D eigenvalue weighted by molar-refractivity contribution is 5.74. The number of esters is 1. The Morgan fingerprint density at radius 1 is 0.672 bits per heavy atom. The monoisotopic (exact) mass is 956 g/mol. The minimum atomic E-state index is -1.80. The summed E-state index contributed by atoms with van der Waals surface area (Å²) in [4.78, 5) is 26.3. The molecule has 24 unspecified atom stereocenters. The van der Waals surface area contributed by atoms with Crippen molar-refractivity contribution in [2.75, 3.05) is 13.2 Å². The van der Waals surface area contributed by atoms with Gasteiger partial charge in [-0.15, -0.1) is 0 Å². The Bertz CT molecular complexity index is 1860. The smallest absolute Gasteiger partial charge is 0.335 e. The van der Waals surface area contributed by atoms with Gasteiger partial charge in [-0.2, -0.15) is 0 Å². The van der Waals surface area contributed by atoms with Gasteiger partial charge in [-0.05, 0) is 109 Å². The molecule has 8 rings (SSSR count). The molecule has 19 nitrogen and oxygen atoms in total. The fraction of sp³-hybridized carbons (Fsp3) is 0.917. The van der Waals surface area contributed by atoms with Crippen LogP contribution in [0, 0.1) is 56.7 Å². The van der Waals surface area contributed by atoms with E-state index >= 15 is 0 Å². The quantitative estimate of drug-likeness (QED) is 0.0829. The zero-order chi connectivity index (χ0) is 49.1. The van der Waals surface area contributed by atoms with Crippen molar-refractivity contribution >= 4 is 11.9 Å². The third kappa shape index (κ3) is 8.44. The minimum absolute atomic E-state index is 0.0682. The second-order valence-electron chi connectivity index (χ2n) is 23.5. The number of aliphatic hydroxyl groups is 10. The molecule has 0 aromatic heterocycles. The summed E-state index contributed by atoms with van der Waals surface area (Å²) in [6.07, 6.45) is -15.5. The number of carbonyl (C=O) groups excluding carboxylic acids is 1. The largest absolute Gasteiger partial charge is 0.479 e. The number of ether oxygens (including phenoxy) is 6. The Kier molecular flexibility index (Phi) is 14.0. The third-order valence-electron chi connectivity index (χ3n) is 19.0. The molecule has 0 aromatic carbocycles. The summed E-state index contributed by atoms with van der Waals surface area (Å²) in [6.45, 7) is 14.7. The summed E-state index contributed by atoms with van der Waals surface area (Å²) in [5.41, 5.74) is 0.271. The molecule has 24 atom stereocenters. The summed E-state index contributed by atoms with van der Waals surface area (Å²) < 4.78 is 34.7. The van der Waals surface area contributed by atoms with Crippen LogP contribution in [0.1, 0.15) is 106 Å². The summed E-state index contributed by atoms with van der Waals surface area (Å²) in [5.74, 6) is -2.12. The molecule has 0 spiro atoms. The fourth-order valence-electron chi connectivity index (χ4n) is 15.1. The normalized spacial score (nSPS) is 52.6. The molecular formula is C48H76O19. The number of fused-ring (bicyclic) bond motifs is 7. The van der Waals surface area contributed by atoms with Crippen molar-refractivity contribution in [3.05, 3.63) is 11.6 Å². The van der Waals surface area contributed by atoms with Crippen LogP contribution < -0.4 is 0 Å². The molecule has 0 aromatic rings. The van der Waals surface area contributed by atoms with Crippen LogP contribution in [0.4, 0.5) is 0 Å². The molecule has 0 bridgehead atoms. The first-order valence-corrected chi connectivity index (χ1v) is 24.3. The number of aliphatic carboxylic acids is 1. The number of carboxylic acid groups (broad SMARTS) is 1. The lowest BCUT2D eigenvalue weighted by Gasteiger charge is -2.71. The average molecular weight is 957 g/mol. The number of allylic oxidation sites excluding steroid dienone is 2. The zero-order valence-electron chi connectivity index (χ0n) is 39.7. The maximum Gasteiger partial charge on any atom is 0.335 e. The maximum absolute atomic E-state index is 14.5. The number of carboxylic acids is 1. The van der Waals surface area contributed by atoms with E-state index in [2.05, 4.69) is 54.5 Å². The van der Waals surface area contributed by atoms with Gasteiger partial charge in [0.2, 0.25) is 6.29 Å². The molecule has 8 aliphatic rings. The molecule has 382 valence electrons. The van der Waals surface area contributed by atoms with Gasteiger partial charge in [0.15, 0.2) is 18.7 Å². The van der Waals surface area contributed by atoms with E-state index in [0.29, 0.717) is 18.8 Å². The summed E-state index contributed by atoms with van der Waals surface area (Å²) in [5, 5.41) is 114. The Morgan fingerprint density at radius 2 is 1.28 bits per heavy atom. The SMILES string of the molecule is CC1(C)CC(C(=O)OC2OC(COC3OC(CO)C(O)C(O)C3O)C(O)C(O)C2O)C2CCC3(C)C(=CCC4C5(C)CCC(OC6OC(C(=O)O)C(O)C(O)C6O)C(C)(C)C5CCC43C)C2C1. The number of carbonyl (C=O) groups is 2. The Balaban J connectivity index is 0.972. The van der Waals surface area contributed by atoms with Gasteiger partial charge in [0, 0.05) is 0 Å². The highest BCUT2D eigenvalue weighted by Gasteiger charge is 2.68. The van der Waals surface area contributed by atoms with Gasteiger partial charge in [-0.1, -0.05) is 60.1 Å². The van der Waals surface area contributed by atoms with Gasteiger partial charge in [0.1, 0.15) is 67.1 Å². The van der Waals surface area contributed by atoms with E-state index in [-0.39, 0.29) is 39.4 Å². The van der Waals surface area contributed by atoms with E-state index in [1.165, 1.54) is 5.57 Å². The highest BCUT2D eigenvalue weighted by Crippen LogP contribution is 2.75. The van der Waals surface area contributed by atoms with Crippen LogP contribution in [0.2, 0.25) is 0 Å². The van der Waals surface area contributed by atoms with Crippen LogP contribution in [-0.2, 0) is 38.0 Å². The topological polar surface area (TPSA) is 312 Å². The van der Waals surface area contributed by atoms with Crippen LogP contribution in [0.3, 0.4) is 0 Å². The van der Waals surface area contributed by atoms with E-state index < -0.39 is 135 Å². The van der Waals surface area contributed by atoms with Gasteiger partial charge >= 0.3 is 11.9 Å². The lowest BCUT2D eigenvalue weighted by molar-refractivity contribution is -0.327. The zero-order valence-corrected chi connectivity index (χ0v) is 39.7. The van der Waals surface area contributed by atoms with Crippen molar-refractivity contribution in [1.29, 1.82) is 0 Å². The first-order chi connectivity index (χ1) is 31.2. The van der Waals surface area contributed by atoms with Crippen LogP contribution in [0.5, 0.6) is 0 Å². The standard InChI is InChI=1S/C48H76O19/c1-44(2)16-21-20(22(17-44)40(61)67-42-36(57)32(53)30(51)25(64-42)19-62-41-35(56)31(52)29(50)24(18-49)63-41)10-14-47(6)23(21)8-9-27-46(5)13-12-28(45(3,4)26(46)11-15-48(27,47)7)65-43-37(58)33(54)34(55)38(66-43)39(59)60/h8,20-22,24-38,41-43,49-58H,9-19H2,1-7H3,(H,59,60). The molecule has 3 aliphatic heterocycles. The van der Waals surface area contributed by atoms with Crippen molar-refractivity contribution in [3.63, 3.8) is 0 Å². The molecular weight excluding hydrogens is 881 g/mol. The molecule has 0 amide bonds. The number of aliphatic hydroxyl groups excluding tert-OH is 10. The molecule has 11 N–H and O–H groups in total. The van der Waals surface area contributed by atoms with Gasteiger partial charge in [0.25, 0.3) is 0 Å². The fourth-order valence-corrected chi connectivity index (χ4v) is 15.1. The molecule has 19 heteroatoms. The predicted octanol–water partition coefficient (Wildman–Crippen LogP) is 0.0887. The molecule has 7 fully saturated rings. The Labute approximate surface area is 391 Å². The van der Waals surface area contributed by atoms with Crippen molar-refractivity contribution < 1.29 is 94.2 Å². The number of rotatable bonds is 9. The highest BCUT2D eigenvalue weighted by atomic mass is 16.7. The van der Waals surface area contributed by atoms with Crippen LogP contribution in [-0.4, -0.2) is 180 Å². The minimum Gasteiger partial charge on any atom is -0.479 e. The second kappa shape index (κ2) is 18.3. The predicted molar refractivity (Wildman–Crippen MR) is 231 cm³/mol. The first-order valence-electron chi connectivity index (χ1n) is 24.3. The van der Waals surface area contributed by atoms with Gasteiger partial charge < -0.3 is 84.6 Å². The lowest BCUT2D eigenvalue weighted by Crippen LogP contribution is -2.65. The molecule has 3 saturated heterocycles. The van der Waals surface area contributed by atoms with Crippen LogP contribution in [0.15, 0.2) is 11.6 Å². The summed E-state index contributed by atoms with van der Waals surface area (Å²) in [7, 11) is 0. The number of hydrogen-bond acceptors (Lipinski definition) is 18. The van der Waals surface area contributed by atoms with E-state index in [1.54, 1.807) is 0 Å². The van der Waals surface area contributed by atoms with Crippen molar-refractivity contribution in [1.82, 2.24) is 0 Å². The maximum atomic E-state index is 14.5. The summed E-state index contributed by atoms with van der Waals surface area (Å²) >= 11 is 0. The summed E-state index contributed by atoms with van der Waals surface area (Å²) in [6, 6.07) is 0. The first kappa shape index (κ1) is 51.4. The van der Waals surface area contributed by atoms with Gasteiger partial charge in [-0.3, -0.25) is 4.79 Å². The van der Waals surface area contributed by atoms with Crippen LogP contribution in [0.25, 0.3) is 0 Å². The third-order valence-corrected chi connectivity index (χ3v) is 19.0. The Morgan fingerprint density at radius 3 is 1.94 bits per heavy atom. The van der Waals surface area contributed by atoms with E-state index in [0.717, 1.165) is 44.9 Å². The molecule has 0 radical (unpaired) electrons. The Hall–Kier alpha value is -1.92. The van der Waals surface area contributed by atoms with E-state index in [4.69, 9.17) is 28.4 Å². The molecule has 67 heavy (non-hydrogen) atoms. The molecule has 5 aliphatic carbocycles. The number of hydrogen-bond donors (Lipinski definition) is 11. The van der Waals surface area contributed by atoms with Gasteiger partial charge in [-0.25, -0.2) is 4.79 Å². The van der Waals surface area contributed by atoms with Crippen LogP contribution >= 0.6 is 0 Å². The average Bonchev–Trinajstić information content (AvgIpc) is 3.26. The molecule has 3 heterocycles. The molecule has 4 saturated carbocycles. The lowest BCUT2D eigenvalue weighted by atomic mass is 9.34. The van der Waals surface area contributed by atoms with Crippen molar-refractivity contribution in [2.45, 2.75) is 204 Å².